The summed E-state index contributed by atoms with van der Waals surface area (Å²) in [4.78, 5) is 14.7. The summed E-state index contributed by atoms with van der Waals surface area (Å²) in [5.74, 6) is 0.289. The minimum atomic E-state index is -3.73. The molecule has 1 N–H and O–H groups in total. The Bertz CT molecular complexity index is 1490. The summed E-state index contributed by atoms with van der Waals surface area (Å²) in [6, 6.07) is 12.7. The van der Waals surface area contributed by atoms with Gasteiger partial charge in [0.15, 0.2) is 0 Å². The fourth-order valence-corrected chi connectivity index (χ4v) is 4.88. The number of carbonyl (C=O) groups is 1. The number of ether oxygens (including phenoxy) is 2. The first-order chi connectivity index (χ1) is 17.3. The van der Waals surface area contributed by atoms with Crippen LogP contribution in [0.4, 0.5) is 15.8 Å². The smallest absolute Gasteiger partial charge is 0.306 e. The van der Waals surface area contributed by atoms with Gasteiger partial charge in [-0.3, -0.25) is 4.79 Å². The molecular weight excluding hydrogens is 499 g/mol. The lowest BCUT2D eigenvalue weighted by Gasteiger charge is -2.39. The Morgan fingerprint density at radius 3 is 2.41 bits per heavy atom. The van der Waals surface area contributed by atoms with Crippen LogP contribution in [-0.4, -0.2) is 40.3 Å². The molecule has 0 aliphatic carbocycles. The molecule has 0 fully saturated rings. The van der Waals surface area contributed by atoms with Crippen molar-refractivity contribution in [3.8, 4) is 28.4 Å². The summed E-state index contributed by atoms with van der Waals surface area (Å²) in [6.45, 7) is 5.45. The molecule has 1 aliphatic rings. The lowest BCUT2D eigenvalue weighted by Crippen LogP contribution is -2.52. The number of fused-ring (bicyclic) bond motifs is 1. The van der Waals surface area contributed by atoms with E-state index in [0.29, 0.717) is 33.9 Å². The standard InChI is InChI=1S/C27H29FN2O6S/c1-16-7-8-17(28)13-23(16)35-15-21-19(11-12-22-25(21)30(4)26(31)27(2,3)29-22)20-10-9-18(14-24(20)34-5)36-37(6,32)33/h7-14,29H,15H2,1-6H3. The van der Waals surface area contributed by atoms with E-state index >= 15 is 0 Å². The number of anilines is 2. The van der Waals surface area contributed by atoms with E-state index in [4.69, 9.17) is 13.7 Å². The van der Waals surface area contributed by atoms with Crippen LogP contribution in [0.5, 0.6) is 17.2 Å². The van der Waals surface area contributed by atoms with Crippen LogP contribution in [0, 0.1) is 12.7 Å². The fraction of sp³-hybridized carbons (Fsp3) is 0.296. The average molecular weight is 529 g/mol. The van der Waals surface area contributed by atoms with Crippen molar-refractivity contribution in [1.82, 2.24) is 0 Å². The maximum Gasteiger partial charge on any atom is 0.306 e. The zero-order valence-corrected chi connectivity index (χ0v) is 22.3. The number of carbonyl (C=O) groups excluding carboxylic acids is 1. The fourth-order valence-electron chi connectivity index (χ4n) is 4.43. The average Bonchev–Trinajstić information content (AvgIpc) is 2.81. The van der Waals surface area contributed by atoms with E-state index in [2.05, 4.69) is 5.32 Å². The van der Waals surface area contributed by atoms with Crippen molar-refractivity contribution in [2.45, 2.75) is 32.9 Å². The molecule has 0 saturated heterocycles. The predicted octanol–water partition coefficient (Wildman–Crippen LogP) is 4.89. The van der Waals surface area contributed by atoms with Gasteiger partial charge in [0, 0.05) is 30.3 Å². The third-order valence-electron chi connectivity index (χ3n) is 6.14. The summed E-state index contributed by atoms with van der Waals surface area (Å²) < 4.78 is 53.8. The molecule has 1 amide bonds. The van der Waals surface area contributed by atoms with Crippen LogP contribution in [-0.2, 0) is 21.5 Å². The molecule has 0 bridgehead atoms. The molecule has 196 valence electrons. The van der Waals surface area contributed by atoms with Gasteiger partial charge in [0.25, 0.3) is 5.91 Å². The highest BCUT2D eigenvalue weighted by Gasteiger charge is 2.38. The molecule has 0 unspecified atom stereocenters. The van der Waals surface area contributed by atoms with Gasteiger partial charge in [0.2, 0.25) is 0 Å². The van der Waals surface area contributed by atoms with Gasteiger partial charge in [-0.2, -0.15) is 8.42 Å². The second kappa shape index (κ2) is 9.59. The van der Waals surface area contributed by atoms with E-state index in [9.17, 15) is 17.6 Å². The maximum absolute atomic E-state index is 13.9. The molecule has 10 heteroatoms. The van der Waals surface area contributed by atoms with E-state index in [0.717, 1.165) is 17.5 Å². The van der Waals surface area contributed by atoms with Crippen LogP contribution in [0.25, 0.3) is 11.1 Å². The topological polar surface area (TPSA) is 94.2 Å². The maximum atomic E-state index is 13.9. The first-order valence-electron chi connectivity index (χ1n) is 11.5. The SMILES string of the molecule is COc1cc(OS(C)(=O)=O)ccc1-c1ccc2c(c1COc1cc(F)ccc1C)N(C)C(=O)C(C)(C)N2. The van der Waals surface area contributed by atoms with E-state index in [-0.39, 0.29) is 18.3 Å². The minimum absolute atomic E-state index is 0.0211. The summed E-state index contributed by atoms with van der Waals surface area (Å²) in [6.07, 6.45) is 0.960. The number of rotatable bonds is 7. The van der Waals surface area contributed by atoms with Crippen molar-refractivity contribution in [1.29, 1.82) is 0 Å². The highest BCUT2D eigenvalue weighted by Crippen LogP contribution is 2.45. The molecule has 0 aromatic heterocycles. The van der Waals surface area contributed by atoms with Gasteiger partial charge in [0.1, 0.15) is 35.2 Å². The predicted molar refractivity (Wildman–Crippen MR) is 140 cm³/mol. The summed E-state index contributed by atoms with van der Waals surface area (Å²) >= 11 is 0. The number of halogens is 1. The lowest BCUT2D eigenvalue weighted by atomic mass is 9.91. The Morgan fingerprint density at radius 2 is 1.73 bits per heavy atom. The van der Waals surface area contributed by atoms with Gasteiger partial charge in [-0.05, 0) is 56.2 Å². The normalized spacial score (nSPS) is 14.6. The van der Waals surface area contributed by atoms with E-state index in [1.807, 2.05) is 19.1 Å². The first kappa shape index (κ1) is 26.3. The molecule has 37 heavy (non-hydrogen) atoms. The third kappa shape index (κ3) is 5.34. The number of amides is 1. The Labute approximate surface area is 216 Å². The third-order valence-corrected chi connectivity index (χ3v) is 6.63. The van der Waals surface area contributed by atoms with Gasteiger partial charge in [0.05, 0.1) is 24.7 Å². The van der Waals surface area contributed by atoms with Gasteiger partial charge >= 0.3 is 10.1 Å². The van der Waals surface area contributed by atoms with E-state index < -0.39 is 21.5 Å². The van der Waals surface area contributed by atoms with Gasteiger partial charge in [-0.1, -0.05) is 12.1 Å². The Hall–Kier alpha value is -3.79. The van der Waals surface area contributed by atoms with Gasteiger partial charge in [-0.15, -0.1) is 0 Å². The van der Waals surface area contributed by atoms with Crippen LogP contribution < -0.4 is 23.9 Å². The van der Waals surface area contributed by atoms with E-state index in [1.165, 1.54) is 31.4 Å². The monoisotopic (exact) mass is 528 g/mol. The Kier molecular flexibility index (Phi) is 6.81. The lowest BCUT2D eigenvalue weighted by molar-refractivity contribution is -0.121. The number of likely N-dealkylation sites (N-methyl/N-ethyl adjacent to an activating group) is 1. The van der Waals surface area contributed by atoms with Crippen LogP contribution >= 0.6 is 0 Å². The molecule has 0 radical (unpaired) electrons. The molecule has 3 aromatic carbocycles. The number of aryl methyl sites for hydroxylation is 1. The second-order valence-electron chi connectivity index (χ2n) is 9.45. The van der Waals surface area contributed by atoms with Crippen LogP contribution in [0.2, 0.25) is 0 Å². The molecule has 0 saturated carbocycles. The summed E-state index contributed by atoms with van der Waals surface area (Å²) in [7, 11) is -0.565. The quantitative estimate of drug-likeness (QED) is 0.436. The first-order valence-corrected chi connectivity index (χ1v) is 13.3. The molecule has 8 nitrogen and oxygen atoms in total. The van der Waals surface area contributed by atoms with Crippen molar-refractivity contribution in [2.24, 2.45) is 0 Å². The highest BCUT2D eigenvalue weighted by molar-refractivity contribution is 7.86. The molecule has 1 heterocycles. The molecular formula is C27H29FN2O6S. The van der Waals surface area contributed by atoms with Crippen molar-refractivity contribution in [3.05, 3.63) is 65.5 Å². The van der Waals surface area contributed by atoms with Crippen molar-refractivity contribution < 1.29 is 31.3 Å². The van der Waals surface area contributed by atoms with Crippen LogP contribution in [0.3, 0.4) is 0 Å². The zero-order chi connectivity index (χ0) is 27.1. The molecule has 0 spiro atoms. The summed E-state index contributed by atoms with van der Waals surface area (Å²) in [5, 5.41) is 3.29. The van der Waals surface area contributed by atoms with Crippen molar-refractivity contribution in [3.63, 3.8) is 0 Å². The number of methoxy groups -OCH3 is 1. The number of hydrogen-bond acceptors (Lipinski definition) is 7. The van der Waals surface area contributed by atoms with Crippen molar-refractivity contribution >= 4 is 27.4 Å². The molecule has 3 aromatic rings. The van der Waals surface area contributed by atoms with E-state index in [1.54, 1.807) is 37.9 Å². The van der Waals surface area contributed by atoms with Crippen molar-refractivity contribution in [2.75, 3.05) is 30.6 Å². The number of nitrogens with one attached hydrogen (secondary N) is 1. The van der Waals surface area contributed by atoms with Gasteiger partial charge < -0.3 is 23.9 Å². The van der Waals surface area contributed by atoms with Gasteiger partial charge in [-0.25, -0.2) is 4.39 Å². The van der Waals surface area contributed by atoms with Crippen LogP contribution in [0.1, 0.15) is 25.0 Å². The minimum Gasteiger partial charge on any atom is -0.496 e. The Balaban J connectivity index is 1.88. The summed E-state index contributed by atoms with van der Waals surface area (Å²) in [5.41, 5.74) is 3.29. The molecule has 4 rings (SSSR count). The highest BCUT2D eigenvalue weighted by atomic mass is 32.2. The number of nitrogens with zero attached hydrogens (tertiary/aromatic N) is 1. The number of hydrogen-bond donors (Lipinski definition) is 1. The largest absolute Gasteiger partial charge is 0.496 e. The Morgan fingerprint density at radius 1 is 1.03 bits per heavy atom. The number of benzene rings is 3. The zero-order valence-electron chi connectivity index (χ0n) is 21.5. The molecule has 0 atom stereocenters. The van der Waals surface area contributed by atoms with Crippen LogP contribution in [0.15, 0.2) is 48.5 Å². The molecule has 1 aliphatic heterocycles. The second-order valence-corrected chi connectivity index (χ2v) is 11.0.